The molecule has 2 saturated heterocycles. The van der Waals surface area contributed by atoms with Gasteiger partial charge in [-0.15, -0.1) is 11.3 Å². The van der Waals surface area contributed by atoms with E-state index in [2.05, 4.69) is 32.0 Å². The van der Waals surface area contributed by atoms with Crippen LogP contribution in [0.4, 0.5) is 0 Å². The molecule has 0 unspecified atom stereocenters. The maximum Gasteiger partial charge on any atom is 0.262 e. The van der Waals surface area contributed by atoms with Crippen LogP contribution in [0.5, 0.6) is 5.88 Å². The molecule has 0 aliphatic carbocycles. The minimum atomic E-state index is -1.13. The Hall–Kier alpha value is -4.88. The highest BCUT2D eigenvalue weighted by Crippen LogP contribution is 2.37. The Bertz CT molecular complexity index is 2260. The van der Waals surface area contributed by atoms with Gasteiger partial charge < -0.3 is 19.3 Å². The highest BCUT2D eigenvalue weighted by Gasteiger charge is 2.41. The van der Waals surface area contributed by atoms with Crippen LogP contribution >= 0.6 is 22.9 Å². The first-order valence-electron chi connectivity index (χ1n) is 17.8. The molecule has 0 spiro atoms. The molecular formula is C40H40ClN7O4S. The Balaban J connectivity index is 0.922. The molecule has 4 aromatic heterocycles. The van der Waals surface area contributed by atoms with Crippen LogP contribution in [0.3, 0.4) is 0 Å². The van der Waals surface area contributed by atoms with E-state index in [4.69, 9.17) is 16.3 Å². The van der Waals surface area contributed by atoms with E-state index in [1.807, 2.05) is 64.3 Å². The number of hydrogen-bond acceptors (Lipinski definition) is 9. The monoisotopic (exact) mass is 749 g/mol. The van der Waals surface area contributed by atoms with Crippen LogP contribution in [-0.4, -0.2) is 83.8 Å². The minimum absolute atomic E-state index is 0.0352. The summed E-state index contributed by atoms with van der Waals surface area (Å²) in [5, 5.41) is 13.7. The van der Waals surface area contributed by atoms with Gasteiger partial charge in [0.25, 0.3) is 5.56 Å². The zero-order valence-corrected chi connectivity index (χ0v) is 30.9. The molecular weight excluding hydrogens is 710 g/mol. The van der Waals surface area contributed by atoms with Gasteiger partial charge in [-0.05, 0) is 67.8 Å². The number of piperidine rings is 2. The lowest BCUT2D eigenvalue weighted by Crippen LogP contribution is -2.53. The Labute approximate surface area is 316 Å². The average molecular weight is 750 g/mol. The maximum atomic E-state index is 14.2. The van der Waals surface area contributed by atoms with Crippen LogP contribution in [0.25, 0.3) is 27.3 Å². The summed E-state index contributed by atoms with van der Waals surface area (Å²) in [6.07, 6.45) is 8.54. The summed E-state index contributed by atoms with van der Waals surface area (Å²) in [4.78, 5) is 46.8. The predicted octanol–water partition coefficient (Wildman–Crippen LogP) is 6.03. The summed E-state index contributed by atoms with van der Waals surface area (Å²) in [6.45, 7) is 3.29. The molecule has 272 valence electrons. The number of benzene rings is 2. The maximum absolute atomic E-state index is 14.2. The molecule has 6 heterocycles. The van der Waals surface area contributed by atoms with Gasteiger partial charge in [0.1, 0.15) is 11.3 Å². The molecule has 2 aromatic carbocycles. The first kappa shape index (κ1) is 35.2. The number of aliphatic hydroxyl groups is 1. The van der Waals surface area contributed by atoms with Gasteiger partial charge >= 0.3 is 0 Å². The fourth-order valence-electron chi connectivity index (χ4n) is 7.69. The van der Waals surface area contributed by atoms with Crippen molar-refractivity contribution in [1.29, 1.82) is 0 Å². The van der Waals surface area contributed by atoms with E-state index >= 15 is 0 Å². The lowest BCUT2D eigenvalue weighted by Gasteiger charge is -2.43. The first-order valence-corrected chi connectivity index (χ1v) is 19.0. The number of amides is 1. The molecule has 0 bridgehead atoms. The molecule has 1 N–H and O–H groups in total. The summed E-state index contributed by atoms with van der Waals surface area (Å²) < 4.78 is 8.53. The number of rotatable bonds is 9. The van der Waals surface area contributed by atoms with Crippen molar-refractivity contribution in [3.8, 4) is 22.1 Å². The third-order valence-corrected chi connectivity index (χ3v) is 11.9. The Kier molecular flexibility index (Phi) is 9.86. The smallest absolute Gasteiger partial charge is 0.262 e. The molecule has 1 amide bonds. The van der Waals surface area contributed by atoms with Crippen LogP contribution in [0.15, 0.2) is 103 Å². The van der Waals surface area contributed by atoms with E-state index < -0.39 is 5.60 Å². The topological polar surface area (TPSA) is 119 Å². The van der Waals surface area contributed by atoms with Crippen molar-refractivity contribution in [3.05, 3.63) is 124 Å². The normalized spacial score (nSPS) is 19.0. The van der Waals surface area contributed by atoms with E-state index in [1.165, 1.54) is 10.9 Å². The number of pyridine rings is 1. The number of nitrogens with zero attached hydrogens (tertiary/aromatic N) is 7. The van der Waals surface area contributed by atoms with Crippen molar-refractivity contribution in [2.24, 2.45) is 5.92 Å². The SMILES string of the molecule is COc1ccc(-c2ncc(CN3CC[C@@H](C(=O)N4CCC(O)(Cn5cnc6c(ccn6-c6ccc(Cl)cc6)c5=O)CC4)[C@H](c4ccccc4)C3)s2)cn1. The highest BCUT2D eigenvalue weighted by molar-refractivity contribution is 7.15. The van der Waals surface area contributed by atoms with Crippen LogP contribution < -0.4 is 10.3 Å². The van der Waals surface area contributed by atoms with Gasteiger partial charge in [0.15, 0.2) is 5.65 Å². The molecule has 2 aliphatic heterocycles. The van der Waals surface area contributed by atoms with Crippen LogP contribution in [0, 0.1) is 5.92 Å². The summed E-state index contributed by atoms with van der Waals surface area (Å²) in [7, 11) is 1.60. The van der Waals surface area contributed by atoms with Crippen molar-refractivity contribution in [3.63, 3.8) is 0 Å². The van der Waals surface area contributed by atoms with Crippen LogP contribution in [-0.2, 0) is 17.9 Å². The predicted molar refractivity (Wildman–Crippen MR) is 206 cm³/mol. The lowest BCUT2D eigenvalue weighted by molar-refractivity contribution is -0.142. The van der Waals surface area contributed by atoms with Crippen molar-refractivity contribution >= 4 is 39.9 Å². The fourth-order valence-corrected chi connectivity index (χ4v) is 8.76. The highest BCUT2D eigenvalue weighted by atomic mass is 35.5. The number of carbonyl (C=O) groups excluding carboxylic acids is 1. The molecule has 8 rings (SSSR count). The second kappa shape index (κ2) is 14.9. The van der Waals surface area contributed by atoms with E-state index in [0.717, 1.165) is 52.8 Å². The van der Waals surface area contributed by atoms with Crippen molar-refractivity contribution in [1.82, 2.24) is 33.9 Å². The third-order valence-electron chi connectivity index (χ3n) is 10.6. The number of halogens is 1. The summed E-state index contributed by atoms with van der Waals surface area (Å²) in [5.74, 6) is 0.575. The Morgan fingerprint density at radius 1 is 0.981 bits per heavy atom. The second-order valence-electron chi connectivity index (χ2n) is 14.0. The van der Waals surface area contributed by atoms with Crippen molar-refractivity contribution in [2.45, 2.75) is 43.9 Å². The van der Waals surface area contributed by atoms with Gasteiger partial charge in [0.2, 0.25) is 11.8 Å². The molecule has 2 atom stereocenters. The summed E-state index contributed by atoms with van der Waals surface area (Å²) in [6, 6.07) is 23.2. The standard InChI is InChI=1S/C40H40ClN7O4S/c1-52-35-12-7-28(21-42-35)37-43-22-31(53-37)23-45-17-13-32(34(24-45)27-5-3-2-4-6-27)38(49)46-19-15-40(51,16-20-46)25-47-26-44-36-33(39(47)50)14-18-48(36)30-10-8-29(41)9-11-30/h2-12,14,18,21-22,26,32,34,51H,13,15-17,19-20,23-25H2,1H3/t32-,34+/m1/s1. The number of methoxy groups -OCH3 is 1. The molecule has 0 radical (unpaired) electrons. The molecule has 2 aliphatic rings. The number of thiazole rings is 1. The van der Waals surface area contributed by atoms with E-state index in [1.54, 1.807) is 42.8 Å². The Morgan fingerprint density at radius 3 is 2.51 bits per heavy atom. The van der Waals surface area contributed by atoms with Gasteiger partial charge in [0.05, 0.1) is 24.6 Å². The van der Waals surface area contributed by atoms with Crippen LogP contribution in [0.2, 0.25) is 5.02 Å². The molecule has 6 aromatic rings. The number of ether oxygens (including phenoxy) is 1. The van der Waals surface area contributed by atoms with Gasteiger partial charge in [-0.25, -0.2) is 15.0 Å². The summed E-state index contributed by atoms with van der Waals surface area (Å²) in [5.41, 5.74) is 2.17. The minimum Gasteiger partial charge on any atom is -0.481 e. The number of fused-ring (bicyclic) bond motifs is 1. The zero-order chi connectivity index (χ0) is 36.5. The largest absolute Gasteiger partial charge is 0.481 e. The lowest BCUT2D eigenvalue weighted by atomic mass is 9.79. The number of hydrogen-bond donors (Lipinski definition) is 1. The molecule has 2 fully saturated rings. The van der Waals surface area contributed by atoms with E-state index in [0.29, 0.717) is 47.9 Å². The number of aromatic nitrogens is 5. The zero-order valence-electron chi connectivity index (χ0n) is 29.3. The summed E-state index contributed by atoms with van der Waals surface area (Å²) >= 11 is 7.72. The quantitative estimate of drug-likeness (QED) is 0.191. The van der Waals surface area contributed by atoms with Crippen molar-refractivity contribution < 1.29 is 14.6 Å². The van der Waals surface area contributed by atoms with Gasteiger partial charge in [-0.2, -0.15) is 0 Å². The average Bonchev–Trinajstić information content (AvgIpc) is 3.85. The Morgan fingerprint density at radius 2 is 1.77 bits per heavy atom. The van der Waals surface area contributed by atoms with Gasteiger partial charge in [-0.3, -0.25) is 19.1 Å². The van der Waals surface area contributed by atoms with Gasteiger partial charge in [-0.1, -0.05) is 41.9 Å². The fraction of sp³-hybridized carbons (Fsp3) is 0.325. The molecule has 53 heavy (non-hydrogen) atoms. The molecule has 11 nitrogen and oxygen atoms in total. The van der Waals surface area contributed by atoms with Gasteiger partial charge in [0, 0.05) is 83.8 Å². The second-order valence-corrected chi connectivity index (χ2v) is 15.5. The van der Waals surface area contributed by atoms with E-state index in [9.17, 15) is 14.7 Å². The van der Waals surface area contributed by atoms with Crippen LogP contribution in [0.1, 0.15) is 35.6 Å². The van der Waals surface area contributed by atoms with E-state index in [-0.39, 0.29) is 29.8 Å². The number of likely N-dealkylation sites (tertiary alicyclic amines) is 2. The molecule has 0 saturated carbocycles. The van der Waals surface area contributed by atoms with Crippen molar-refractivity contribution in [2.75, 3.05) is 33.3 Å². The molecule has 13 heteroatoms. The number of carbonyl (C=O) groups is 1. The third kappa shape index (κ3) is 7.37. The first-order chi connectivity index (χ1) is 25.8.